The molecule has 7 heteroatoms. The van der Waals surface area contributed by atoms with Gasteiger partial charge in [-0.15, -0.1) is 0 Å². The third kappa shape index (κ3) is 5.56. The number of carbonyl (C=O) groups excluding carboxylic acids is 3. The maximum atomic E-state index is 14.9. The van der Waals surface area contributed by atoms with Crippen molar-refractivity contribution in [1.29, 1.82) is 0 Å². The maximum absolute atomic E-state index is 14.9. The molecular weight excluding hydrogens is 664 g/mol. The number of allylic oxidation sites excluding steroid dienone is 2. The van der Waals surface area contributed by atoms with E-state index in [-0.39, 0.29) is 52.7 Å². The van der Waals surface area contributed by atoms with Crippen LogP contribution in [0.4, 0.5) is 0 Å². The molecule has 0 aliphatic heterocycles. The van der Waals surface area contributed by atoms with Crippen LogP contribution in [0.2, 0.25) is 0 Å². The molecule has 5 aliphatic carbocycles. The predicted molar refractivity (Wildman–Crippen MR) is 202 cm³/mol. The Morgan fingerprint density at radius 3 is 2.00 bits per heavy atom. The number of benzene rings is 2. The second-order valence-corrected chi connectivity index (χ2v) is 18.8. The van der Waals surface area contributed by atoms with Crippen LogP contribution in [0.25, 0.3) is 0 Å². The molecule has 5 aliphatic rings. The van der Waals surface area contributed by atoms with E-state index in [1.165, 1.54) is 5.57 Å². The van der Waals surface area contributed by atoms with E-state index in [0.29, 0.717) is 32.1 Å². The van der Waals surface area contributed by atoms with Gasteiger partial charge in [0.15, 0.2) is 11.9 Å². The van der Waals surface area contributed by atoms with Crippen LogP contribution in [0.15, 0.2) is 72.3 Å². The summed E-state index contributed by atoms with van der Waals surface area (Å²) >= 11 is 0. The molecule has 0 saturated heterocycles. The standard InChI is InChI=1S/C46H58O7/c1-8-36(48)52-35-20-21-43(4)34(46(35,7)39(49)50)19-22-45(6)38(43)33(47)27-31-32-28-42(3,24-23-41(32,2)25-26-44(31,45)5)40(51)53-37(29-15-11-9-12-16-29)30-17-13-10-14-18-30/h9-18,27,32,34-35,37-38H,8,19-26,28H2,1-7H3,(H,49,50)/t32-,34+,35-,38+,41+,42-,43-,44+,45+,46-/m0/s1. The molecular formula is C46H58O7. The number of rotatable bonds is 7. The average Bonchev–Trinajstić information content (AvgIpc) is 3.13. The summed E-state index contributed by atoms with van der Waals surface area (Å²) in [6.07, 6.45) is 7.49. The summed E-state index contributed by atoms with van der Waals surface area (Å²) in [5.41, 5.74) is -0.287. The molecule has 0 heterocycles. The Kier molecular flexibility index (Phi) is 9.17. The fourth-order valence-electron chi connectivity index (χ4n) is 12.6. The number of hydrogen-bond acceptors (Lipinski definition) is 6. The highest BCUT2D eigenvalue weighted by Crippen LogP contribution is 2.75. The van der Waals surface area contributed by atoms with Crippen LogP contribution in [0, 0.1) is 50.2 Å². The van der Waals surface area contributed by atoms with Gasteiger partial charge >= 0.3 is 17.9 Å². The summed E-state index contributed by atoms with van der Waals surface area (Å²) in [5.74, 6) is -2.08. The summed E-state index contributed by atoms with van der Waals surface area (Å²) in [6, 6.07) is 19.8. The van der Waals surface area contributed by atoms with Gasteiger partial charge in [-0.2, -0.15) is 0 Å². The Morgan fingerprint density at radius 2 is 1.42 bits per heavy atom. The van der Waals surface area contributed by atoms with Crippen LogP contribution < -0.4 is 0 Å². The van der Waals surface area contributed by atoms with E-state index in [9.17, 15) is 24.3 Å². The zero-order valence-electron chi connectivity index (χ0n) is 32.7. The van der Waals surface area contributed by atoms with Gasteiger partial charge in [0.1, 0.15) is 11.5 Å². The zero-order chi connectivity index (χ0) is 38.2. The summed E-state index contributed by atoms with van der Waals surface area (Å²) in [7, 11) is 0. The summed E-state index contributed by atoms with van der Waals surface area (Å²) in [4.78, 5) is 55.0. The van der Waals surface area contributed by atoms with Gasteiger partial charge in [0, 0.05) is 12.3 Å². The number of carbonyl (C=O) groups is 4. The Balaban J connectivity index is 1.22. The fourth-order valence-corrected chi connectivity index (χ4v) is 12.6. The average molecular weight is 723 g/mol. The second-order valence-electron chi connectivity index (χ2n) is 18.8. The predicted octanol–water partition coefficient (Wildman–Crippen LogP) is 9.69. The molecule has 53 heavy (non-hydrogen) atoms. The first-order valence-electron chi connectivity index (χ1n) is 20.0. The van der Waals surface area contributed by atoms with E-state index in [2.05, 4.69) is 34.6 Å². The summed E-state index contributed by atoms with van der Waals surface area (Å²) in [5, 5.41) is 10.8. The molecule has 284 valence electrons. The first-order chi connectivity index (χ1) is 25.0. The molecule has 2 aromatic carbocycles. The van der Waals surface area contributed by atoms with Crippen molar-refractivity contribution in [3.8, 4) is 0 Å². The van der Waals surface area contributed by atoms with E-state index in [4.69, 9.17) is 9.47 Å². The third-order valence-corrected chi connectivity index (χ3v) is 16.1. The van der Waals surface area contributed by atoms with Crippen molar-refractivity contribution in [3.05, 3.63) is 83.4 Å². The minimum atomic E-state index is -1.29. The van der Waals surface area contributed by atoms with Gasteiger partial charge in [0.05, 0.1) is 5.41 Å². The lowest BCUT2D eigenvalue weighted by Gasteiger charge is -2.70. The van der Waals surface area contributed by atoms with Gasteiger partial charge in [0.25, 0.3) is 0 Å². The number of carboxylic acids is 1. The van der Waals surface area contributed by atoms with Crippen molar-refractivity contribution < 1.29 is 33.8 Å². The third-order valence-electron chi connectivity index (χ3n) is 16.1. The largest absolute Gasteiger partial charge is 0.481 e. The Hall–Kier alpha value is -3.74. The fraction of sp³-hybridized carbons (Fsp3) is 0.609. The topological polar surface area (TPSA) is 107 Å². The molecule has 0 unspecified atom stereocenters. The number of ketones is 1. The lowest BCUT2D eigenvalue weighted by atomic mass is 9.33. The van der Waals surface area contributed by atoms with Gasteiger partial charge in [-0.1, -0.05) is 101 Å². The van der Waals surface area contributed by atoms with Gasteiger partial charge in [-0.05, 0) is 122 Å². The van der Waals surface area contributed by atoms with E-state index in [1.54, 1.807) is 13.8 Å². The van der Waals surface area contributed by atoms with E-state index in [1.807, 2.05) is 66.7 Å². The van der Waals surface area contributed by atoms with Crippen LogP contribution in [0.3, 0.4) is 0 Å². The SMILES string of the molecule is CCC(=O)O[C@H]1CC[C@@]2(C)[C@@H](CC[C@]3(C)[C@@H]2C(=O)C=C2[C@@H]4C[C@@](C)(C(=O)OC(c5ccccc5)c5ccccc5)CC[C@]4(C)CC[C@]23C)[C@]1(C)C(=O)O. The van der Waals surface area contributed by atoms with Crippen LogP contribution >= 0.6 is 0 Å². The Morgan fingerprint density at radius 1 is 0.811 bits per heavy atom. The molecule has 0 spiro atoms. The van der Waals surface area contributed by atoms with Crippen molar-refractivity contribution in [2.45, 2.75) is 125 Å². The number of carboxylic acid groups (broad SMARTS) is 1. The van der Waals surface area contributed by atoms with Gasteiger partial charge in [-0.25, -0.2) is 0 Å². The van der Waals surface area contributed by atoms with Crippen LogP contribution in [-0.2, 0) is 28.7 Å². The molecule has 7 rings (SSSR count). The monoisotopic (exact) mass is 722 g/mol. The van der Waals surface area contributed by atoms with Crippen molar-refractivity contribution in [2.24, 2.45) is 50.2 Å². The summed E-state index contributed by atoms with van der Waals surface area (Å²) in [6.45, 7) is 14.7. The molecule has 0 aromatic heterocycles. The minimum absolute atomic E-state index is 0.0418. The number of esters is 2. The molecule has 1 N–H and O–H groups in total. The van der Waals surface area contributed by atoms with E-state index >= 15 is 0 Å². The molecule has 10 atom stereocenters. The van der Waals surface area contributed by atoms with Crippen LogP contribution in [0.5, 0.6) is 0 Å². The van der Waals surface area contributed by atoms with Crippen molar-refractivity contribution in [2.75, 3.05) is 0 Å². The lowest BCUT2D eigenvalue weighted by molar-refractivity contribution is -0.221. The van der Waals surface area contributed by atoms with Crippen molar-refractivity contribution in [3.63, 3.8) is 0 Å². The highest BCUT2D eigenvalue weighted by molar-refractivity contribution is 5.96. The summed E-state index contributed by atoms with van der Waals surface area (Å²) < 4.78 is 12.3. The Bertz CT molecular complexity index is 1780. The normalized spacial score (nSPS) is 40.5. The molecule has 7 nitrogen and oxygen atoms in total. The number of fused-ring (bicyclic) bond motifs is 7. The maximum Gasteiger partial charge on any atom is 0.313 e. The first-order valence-corrected chi connectivity index (χ1v) is 20.0. The quantitative estimate of drug-likeness (QED) is 0.284. The number of aliphatic carboxylic acids is 1. The van der Waals surface area contributed by atoms with Gasteiger partial charge < -0.3 is 14.6 Å². The smallest absolute Gasteiger partial charge is 0.313 e. The van der Waals surface area contributed by atoms with E-state index < -0.39 is 39.8 Å². The number of ether oxygens (including phenoxy) is 2. The van der Waals surface area contributed by atoms with Gasteiger partial charge in [0.2, 0.25) is 0 Å². The van der Waals surface area contributed by atoms with Crippen LogP contribution in [-0.4, -0.2) is 34.9 Å². The highest BCUT2D eigenvalue weighted by Gasteiger charge is 2.72. The second kappa shape index (κ2) is 12.9. The minimum Gasteiger partial charge on any atom is -0.481 e. The lowest BCUT2D eigenvalue weighted by Crippen LogP contribution is -2.68. The molecule has 0 radical (unpaired) electrons. The van der Waals surface area contributed by atoms with Crippen molar-refractivity contribution in [1.82, 2.24) is 0 Å². The molecule has 2 aromatic rings. The molecule has 4 saturated carbocycles. The zero-order valence-corrected chi connectivity index (χ0v) is 32.7. The number of hydrogen-bond donors (Lipinski definition) is 1. The van der Waals surface area contributed by atoms with Crippen LogP contribution in [0.1, 0.15) is 130 Å². The Labute approximate surface area is 315 Å². The first kappa shape index (κ1) is 37.6. The van der Waals surface area contributed by atoms with Gasteiger partial charge in [-0.3, -0.25) is 19.2 Å². The molecule has 0 amide bonds. The highest BCUT2D eigenvalue weighted by atomic mass is 16.5. The molecule has 4 fully saturated rings. The van der Waals surface area contributed by atoms with E-state index in [0.717, 1.165) is 36.8 Å². The van der Waals surface area contributed by atoms with Crippen molar-refractivity contribution >= 4 is 23.7 Å². The molecule has 0 bridgehead atoms.